The molecule has 0 aliphatic carbocycles. The van der Waals surface area contributed by atoms with Crippen LogP contribution in [0.2, 0.25) is 0 Å². The number of aliphatic carboxylic acids is 1. The van der Waals surface area contributed by atoms with Crippen molar-refractivity contribution < 1.29 is 9.90 Å². The number of aliphatic imine (C=N–C) groups is 1. The number of hydrogen-bond acceptors (Lipinski definition) is 5. The minimum atomic E-state index is -0.807. The second kappa shape index (κ2) is 5.07. The Bertz CT molecular complexity index is 532. The Morgan fingerprint density at radius 3 is 2.89 bits per heavy atom. The molecule has 0 amide bonds. The lowest BCUT2D eigenvalue weighted by molar-refractivity contribution is -0.141. The number of carboxylic acids is 1. The molecule has 2 atom stereocenters. The van der Waals surface area contributed by atoms with Crippen molar-refractivity contribution in [3.63, 3.8) is 0 Å². The Morgan fingerprint density at radius 1 is 1.37 bits per heavy atom. The average Bonchev–Trinajstić information content (AvgIpc) is 2.79. The van der Waals surface area contributed by atoms with E-state index in [0.717, 1.165) is 4.90 Å². The van der Waals surface area contributed by atoms with Crippen LogP contribution in [0.4, 0.5) is 0 Å². The summed E-state index contributed by atoms with van der Waals surface area (Å²) in [5.41, 5.74) is 0. The molecule has 0 spiro atoms. The van der Waals surface area contributed by atoms with Crippen LogP contribution in [0.1, 0.15) is 0 Å². The number of nitrogens with zero attached hydrogens (tertiary/aromatic N) is 3. The van der Waals surface area contributed by atoms with Gasteiger partial charge >= 0.3 is 5.97 Å². The topological polar surface area (TPSA) is 56.1 Å². The maximum Gasteiger partial charge on any atom is 0.312 e. The predicted molar refractivity (Wildman–Crippen MR) is 73.4 cm³/mol. The molecule has 2 aliphatic rings. The molecule has 1 aromatic rings. The highest BCUT2D eigenvalue weighted by Gasteiger charge is 2.43. The third-order valence-electron chi connectivity index (χ3n) is 3.08. The van der Waals surface area contributed by atoms with Gasteiger partial charge < -0.3 is 5.11 Å². The van der Waals surface area contributed by atoms with Gasteiger partial charge in [-0.15, -0.1) is 0 Å². The molecule has 2 unspecified atom stereocenters. The van der Waals surface area contributed by atoms with Gasteiger partial charge in [-0.1, -0.05) is 18.2 Å². The molecule has 98 valence electrons. The van der Waals surface area contributed by atoms with Crippen LogP contribution in [0, 0.1) is 5.92 Å². The fourth-order valence-corrected chi connectivity index (χ4v) is 3.17. The standard InChI is InChI=1S/C13H13N3O2S/c17-13(18)11-9-16(15-8-4-7-14-12(11)15)19-10-5-2-1-3-6-10/h1-8,11-12H,9H2,(H,17,18). The lowest BCUT2D eigenvalue weighted by atomic mass is 10.1. The zero-order valence-corrected chi connectivity index (χ0v) is 10.9. The number of allylic oxidation sites excluding steroid dienone is 1. The van der Waals surface area contributed by atoms with Crippen molar-refractivity contribution in [1.82, 2.24) is 9.42 Å². The van der Waals surface area contributed by atoms with Crippen molar-refractivity contribution in [2.45, 2.75) is 11.1 Å². The molecular formula is C13H13N3O2S. The number of hydrazine groups is 1. The van der Waals surface area contributed by atoms with E-state index < -0.39 is 11.9 Å². The Kier molecular flexibility index (Phi) is 3.27. The van der Waals surface area contributed by atoms with Gasteiger partial charge in [-0.3, -0.25) is 14.8 Å². The Hall–Kier alpha value is -1.79. The summed E-state index contributed by atoms with van der Waals surface area (Å²) in [6.07, 6.45) is 5.02. The highest BCUT2D eigenvalue weighted by molar-refractivity contribution is 7.97. The van der Waals surface area contributed by atoms with Crippen LogP contribution in [0.15, 0.2) is 52.5 Å². The minimum Gasteiger partial charge on any atom is -0.481 e. The number of fused-ring (bicyclic) bond motifs is 1. The molecule has 0 bridgehead atoms. The van der Waals surface area contributed by atoms with Crippen LogP contribution in [0.25, 0.3) is 0 Å². The second-order valence-corrected chi connectivity index (χ2v) is 5.39. The van der Waals surface area contributed by atoms with Crippen LogP contribution in [0.5, 0.6) is 0 Å². The molecule has 3 rings (SSSR count). The van der Waals surface area contributed by atoms with Gasteiger partial charge in [0.1, 0.15) is 5.92 Å². The first-order valence-electron chi connectivity index (χ1n) is 5.97. The Balaban J connectivity index is 1.81. The predicted octanol–water partition coefficient (Wildman–Crippen LogP) is 1.85. The van der Waals surface area contributed by atoms with Crippen LogP contribution >= 0.6 is 11.9 Å². The first kappa shape index (κ1) is 12.3. The van der Waals surface area contributed by atoms with Crippen molar-refractivity contribution in [2.75, 3.05) is 6.54 Å². The molecule has 6 heteroatoms. The van der Waals surface area contributed by atoms with Gasteiger partial charge in [0, 0.05) is 23.9 Å². The first-order valence-corrected chi connectivity index (χ1v) is 6.74. The third-order valence-corrected chi connectivity index (χ3v) is 4.11. The molecule has 1 fully saturated rings. The Morgan fingerprint density at radius 2 is 2.16 bits per heavy atom. The van der Waals surface area contributed by atoms with Gasteiger partial charge in [0.2, 0.25) is 0 Å². The van der Waals surface area contributed by atoms with Crippen LogP contribution < -0.4 is 0 Å². The van der Waals surface area contributed by atoms with Crippen LogP contribution in [-0.2, 0) is 4.79 Å². The number of benzene rings is 1. The Labute approximate surface area is 115 Å². The van der Waals surface area contributed by atoms with E-state index in [9.17, 15) is 9.90 Å². The summed E-state index contributed by atoms with van der Waals surface area (Å²) < 4.78 is 1.95. The SMILES string of the molecule is O=C(O)C1CN(Sc2ccccc2)N2C=CC=NC12. The lowest BCUT2D eigenvalue weighted by Gasteiger charge is -2.29. The molecule has 0 aromatic heterocycles. The smallest absolute Gasteiger partial charge is 0.312 e. The van der Waals surface area contributed by atoms with Gasteiger partial charge in [0.05, 0.1) is 0 Å². The molecule has 2 aliphatic heterocycles. The van der Waals surface area contributed by atoms with Crippen molar-refractivity contribution in [3.05, 3.63) is 42.6 Å². The number of hydrogen-bond donors (Lipinski definition) is 1. The van der Waals surface area contributed by atoms with E-state index in [2.05, 4.69) is 4.99 Å². The third kappa shape index (κ3) is 2.36. The maximum atomic E-state index is 11.3. The molecule has 0 radical (unpaired) electrons. The summed E-state index contributed by atoms with van der Waals surface area (Å²) in [5, 5.41) is 11.2. The quantitative estimate of drug-likeness (QED) is 0.853. The maximum absolute atomic E-state index is 11.3. The number of carboxylic acid groups (broad SMARTS) is 1. The monoisotopic (exact) mass is 275 g/mol. The highest BCUT2D eigenvalue weighted by atomic mass is 32.2. The number of carbonyl (C=O) groups is 1. The second-order valence-electron chi connectivity index (χ2n) is 4.32. The summed E-state index contributed by atoms with van der Waals surface area (Å²) in [6.45, 7) is 0.446. The fourth-order valence-electron chi connectivity index (χ4n) is 2.17. The lowest BCUT2D eigenvalue weighted by Crippen LogP contribution is -2.35. The van der Waals surface area contributed by atoms with E-state index >= 15 is 0 Å². The van der Waals surface area contributed by atoms with Crippen molar-refractivity contribution in [1.29, 1.82) is 0 Å². The molecule has 0 saturated carbocycles. The molecule has 19 heavy (non-hydrogen) atoms. The molecule has 1 aromatic carbocycles. The van der Waals surface area contributed by atoms with Crippen molar-refractivity contribution >= 4 is 24.1 Å². The van der Waals surface area contributed by atoms with Gasteiger partial charge in [0.15, 0.2) is 6.17 Å². The minimum absolute atomic E-state index is 0.335. The van der Waals surface area contributed by atoms with E-state index in [4.69, 9.17) is 0 Å². The normalized spacial score (nSPS) is 25.6. The highest BCUT2D eigenvalue weighted by Crippen LogP contribution is 2.35. The summed E-state index contributed by atoms with van der Waals surface area (Å²) >= 11 is 1.53. The summed E-state index contributed by atoms with van der Waals surface area (Å²) in [7, 11) is 0. The van der Waals surface area contributed by atoms with E-state index in [0.29, 0.717) is 6.54 Å². The molecule has 1 N–H and O–H groups in total. The zero-order valence-electron chi connectivity index (χ0n) is 10.1. The van der Waals surface area contributed by atoms with Crippen LogP contribution in [-0.4, -0.2) is 39.4 Å². The van der Waals surface area contributed by atoms with E-state index in [1.165, 1.54) is 11.9 Å². The largest absolute Gasteiger partial charge is 0.481 e. The van der Waals surface area contributed by atoms with Gasteiger partial charge in [-0.2, -0.15) is 4.41 Å². The molecule has 5 nitrogen and oxygen atoms in total. The van der Waals surface area contributed by atoms with E-state index in [1.54, 1.807) is 6.21 Å². The van der Waals surface area contributed by atoms with Crippen molar-refractivity contribution in [3.8, 4) is 0 Å². The van der Waals surface area contributed by atoms with Gasteiger partial charge in [-0.25, -0.2) is 0 Å². The van der Waals surface area contributed by atoms with Gasteiger partial charge in [0.25, 0.3) is 0 Å². The van der Waals surface area contributed by atoms with E-state index in [-0.39, 0.29) is 6.17 Å². The van der Waals surface area contributed by atoms with Gasteiger partial charge in [-0.05, 0) is 30.2 Å². The summed E-state index contributed by atoms with van der Waals surface area (Å²) in [6, 6.07) is 9.90. The average molecular weight is 275 g/mol. The zero-order chi connectivity index (χ0) is 13.2. The number of rotatable bonds is 3. The molecule has 1 saturated heterocycles. The molecular weight excluding hydrogens is 262 g/mol. The molecule has 2 heterocycles. The first-order chi connectivity index (χ1) is 9.25. The fraction of sp³-hybridized carbons (Fsp3) is 0.231. The van der Waals surface area contributed by atoms with Crippen LogP contribution in [0.3, 0.4) is 0 Å². The van der Waals surface area contributed by atoms with Crippen molar-refractivity contribution in [2.24, 2.45) is 10.9 Å². The summed E-state index contributed by atoms with van der Waals surface area (Å²) in [5.74, 6) is -1.31. The summed E-state index contributed by atoms with van der Waals surface area (Å²) in [4.78, 5) is 16.6. The van der Waals surface area contributed by atoms with E-state index in [1.807, 2.05) is 52.0 Å².